The number of hydrogen-bond donors (Lipinski definition) is 2. The largest absolute Gasteiger partial charge is 0.480 e. The van der Waals surface area contributed by atoms with Gasteiger partial charge in [-0.05, 0) is 30.9 Å². The van der Waals surface area contributed by atoms with E-state index in [-0.39, 0.29) is 11.5 Å². The highest BCUT2D eigenvalue weighted by Crippen LogP contribution is 2.35. The summed E-state index contributed by atoms with van der Waals surface area (Å²) in [4.78, 5) is 11.4. The zero-order valence-electron chi connectivity index (χ0n) is 11.4. The molecule has 2 N–H and O–H groups in total. The highest BCUT2D eigenvalue weighted by atomic mass is 32.2. The molecule has 2 unspecified atom stereocenters. The van der Waals surface area contributed by atoms with Crippen molar-refractivity contribution in [3.05, 3.63) is 0 Å². The van der Waals surface area contributed by atoms with Crippen LogP contribution in [0, 0.1) is 5.41 Å². The molecule has 1 fully saturated rings. The number of rotatable bonds is 5. The van der Waals surface area contributed by atoms with E-state index in [1.54, 1.807) is 0 Å². The quantitative estimate of drug-likeness (QED) is 0.797. The number of carboxylic acids is 1. The van der Waals surface area contributed by atoms with E-state index in [1.807, 2.05) is 25.6 Å². The van der Waals surface area contributed by atoms with Crippen molar-refractivity contribution in [2.24, 2.45) is 5.41 Å². The van der Waals surface area contributed by atoms with Crippen molar-refractivity contribution >= 4 is 17.7 Å². The molecule has 1 aliphatic rings. The third-order valence-electron chi connectivity index (χ3n) is 3.83. The fourth-order valence-corrected chi connectivity index (χ4v) is 3.91. The number of thioether (sulfide) groups is 1. The lowest BCUT2D eigenvalue weighted by Gasteiger charge is -2.43. The van der Waals surface area contributed by atoms with E-state index < -0.39 is 11.5 Å². The molecule has 0 saturated carbocycles. The molecule has 17 heavy (non-hydrogen) atoms. The Bertz CT molecular complexity index is 281. The minimum Gasteiger partial charge on any atom is -0.480 e. The first kappa shape index (κ1) is 14.8. The minimum atomic E-state index is -0.783. The first-order valence-corrected chi connectivity index (χ1v) is 7.56. The molecule has 4 heteroatoms. The summed E-state index contributed by atoms with van der Waals surface area (Å²) in [6.45, 7) is 8.31. The van der Waals surface area contributed by atoms with E-state index >= 15 is 0 Å². The highest BCUT2D eigenvalue weighted by molar-refractivity contribution is 7.99. The summed E-state index contributed by atoms with van der Waals surface area (Å²) < 4.78 is 0. The maximum absolute atomic E-state index is 11.4. The number of aliphatic carboxylic acids is 1. The van der Waals surface area contributed by atoms with Crippen molar-refractivity contribution in [3.63, 3.8) is 0 Å². The molecule has 0 radical (unpaired) electrons. The molecule has 0 aromatic heterocycles. The lowest BCUT2D eigenvalue weighted by molar-refractivity contribution is -0.145. The maximum Gasteiger partial charge on any atom is 0.323 e. The molecule has 0 aliphatic carbocycles. The standard InChI is InChI=1S/C13H25NO2S/c1-5-6-13(4,11(15)16)14-10-9-17-8-7-12(10,2)3/h10,14H,5-9H2,1-4H3,(H,15,16). The van der Waals surface area contributed by atoms with Gasteiger partial charge >= 0.3 is 5.97 Å². The molecule has 2 atom stereocenters. The normalized spacial score (nSPS) is 27.4. The lowest BCUT2D eigenvalue weighted by atomic mass is 9.80. The second-order valence-electron chi connectivity index (χ2n) is 5.90. The van der Waals surface area contributed by atoms with Crippen LogP contribution in [-0.4, -0.2) is 34.2 Å². The molecule has 0 aromatic carbocycles. The number of hydrogen-bond acceptors (Lipinski definition) is 3. The fraction of sp³-hybridized carbons (Fsp3) is 0.923. The van der Waals surface area contributed by atoms with E-state index in [0.717, 1.165) is 18.6 Å². The van der Waals surface area contributed by atoms with Crippen LogP contribution < -0.4 is 5.32 Å². The molecule has 1 rings (SSSR count). The van der Waals surface area contributed by atoms with Crippen LogP contribution in [0.5, 0.6) is 0 Å². The summed E-state index contributed by atoms with van der Waals surface area (Å²) in [5.41, 5.74) is -0.593. The minimum absolute atomic E-state index is 0.190. The van der Waals surface area contributed by atoms with Gasteiger partial charge in [-0.1, -0.05) is 27.2 Å². The molecule has 0 amide bonds. The summed E-state index contributed by atoms with van der Waals surface area (Å²) >= 11 is 1.92. The van der Waals surface area contributed by atoms with Crippen molar-refractivity contribution in [3.8, 4) is 0 Å². The third-order valence-corrected chi connectivity index (χ3v) is 4.90. The van der Waals surface area contributed by atoms with Gasteiger partial charge in [-0.2, -0.15) is 11.8 Å². The third kappa shape index (κ3) is 3.62. The second-order valence-corrected chi connectivity index (χ2v) is 7.05. The van der Waals surface area contributed by atoms with Crippen molar-refractivity contribution in [2.75, 3.05) is 11.5 Å². The molecule has 1 saturated heterocycles. The van der Waals surface area contributed by atoms with Crippen LogP contribution >= 0.6 is 11.8 Å². The van der Waals surface area contributed by atoms with Crippen LogP contribution in [0.3, 0.4) is 0 Å². The molecule has 100 valence electrons. The van der Waals surface area contributed by atoms with E-state index in [0.29, 0.717) is 6.42 Å². The van der Waals surface area contributed by atoms with E-state index in [4.69, 9.17) is 0 Å². The van der Waals surface area contributed by atoms with E-state index in [9.17, 15) is 9.90 Å². The Morgan fingerprint density at radius 3 is 2.71 bits per heavy atom. The summed E-state index contributed by atoms with van der Waals surface area (Å²) in [6, 6.07) is 0.286. The van der Waals surface area contributed by atoms with Gasteiger partial charge in [0.25, 0.3) is 0 Å². The Morgan fingerprint density at radius 2 is 2.24 bits per heavy atom. The zero-order valence-corrected chi connectivity index (χ0v) is 12.2. The van der Waals surface area contributed by atoms with Crippen molar-refractivity contribution in [2.45, 2.75) is 58.5 Å². The Hall–Kier alpha value is -0.220. The predicted molar refractivity (Wildman–Crippen MR) is 73.6 cm³/mol. The smallest absolute Gasteiger partial charge is 0.323 e. The molecule has 1 aliphatic heterocycles. The van der Waals surface area contributed by atoms with E-state index in [1.165, 1.54) is 5.75 Å². The van der Waals surface area contributed by atoms with Crippen LogP contribution in [0.15, 0.2) is 0 Å². The van der Waals surface area contributed by atoms with Gasteiger partial charge in [0.2, 0.25) is 0 Å². The maximum atomic E-state index is 11.4. The SMILES string of the molecule is CCCC(C)(NC1CSCCC1(C)C)C(=O)O. The Kier molecular flexibility index (Phi) is 4.90. The Morgan fingerprint density at radius 1 is 1.59 bits per heavy atom. The first-order chi connectivity index (χ1) is 7.82. The van der Waals surface area contributed by atoms with Gasteiger partial charge in [-0.15, -0.1) is 0 Å². The highest BCUT2D eigenvalue weighted by Gasteiger charge is 2.40. The molecule has 3 nitrogen and oxygen atoms in total. The van der Waals surface area contributed by atoms with Crippen LogP contribution in [0.1, 0.15) is 47.0 Å². The average Bonchev–Trinajstić information content (AvgIpc) is 2.21. The molecular weight excluding hydrogens is 234 g/mol. The Labute approximate surface area is 109 Å². The number of carbonyl (C=O) groups is 1. The molecule has 0 spiro atoms. The van der Waals surface area contributed by atoms with Crippen molar-refractivity contribution < 1.29 is 9.90 Å². The van der Waals surface area contributed by atoms with E-state index in [2.05, 4.69) is 19.2 Å². The van der Waals surface area contributed by atoms with Gasteiger partial charge in [-0.3, -0.25) is 10.1 Å². The number of carboxylic acid groups (broad SMARTS) is 1. The van der Waals surface area contributed by atoms with Gasteiger partial charge in [0.15, 0.2) is 0 Å². The predicted octanol–water partition coefficient (Wildman–Crippen LogP) is 2.75. The van der Waals surface area contributed by atoms with Crippen LogP contribution in [0.4, 0.5) is 0 Å². The van der Waals surface area contributed by atoms with Gasteiger partial charge < -0.3 is 5.11 Å². The average molecular weight is 259 g/mol. The summed E-state index contributed by atoms with van der Waals surface area (Å²) in [6.07, 6.45) is 2.72. The topological polar surface area (TPSA) is 49.3 Å². The summed E-state index contributed by atoms with van der Waals surface area (Å²) in [5.74, 6) is 1.47. The number of nitrogens with one attached hydrogen (secondary N) is 1. The van der Waals surface area contributed by atoms with Gasteiger partial charge in [0.1, 0.15) is 5.54 Å². The van der Waals surface area contributed by atoms with Crippen LogP contribution in [0.2, 0.25) is 0 Å². The van der Waals surface area contributed by atoms with Crippen molar-refractivity contribution in [1.29, 1.82) is 0 Å². The Balaban J connectivity index is 2.75. The molecule has 0 aromatic rings. The van der Waals surface area contributed by atoms with Crippen molar-refractivity contribution in [1.82, 2.24) is 5.32 Å². The fourth-order valence-electron chi connectivity index (χ4n) is 2.30. The monoisotopic (exact) mass is 259 g/mol. The molecule has 1 heterocycles. The summed E-state index contributed by atoms with van der Waals surface area (Å²) in [5, 5.41) is 12.8. The first-order valence-electron chi connectivity index (χ1n) is 6.40. The van der Waals surface area contributed by atoms with Crippen LogP contribution in [-0.2, 0) is 4.79 Å². The molecular formula is C13H25NO2S. The summed E-state index contributed by atoms with van der Waals surface area (Å²) in [7, 11) is 0. The molecule has 0 bridgehead atoms. The van der Waals surface area contributed by atoms with Gasteiger partial charge in [0, 0.05) is 11.8 Å². The van der Waals surface area contributed by atoms with Gasteiger partial charge in [0.05, 0.1) is 0 Å². The van der Waals surface area contributed by atoms with Gasteiger partial charge in [-0.25, -0.2) is 0 Å². The van der Waals surface area contributed by atoms with Crippen LogP contribution in [0.25, 0.3) is 0 Å². The lowest BCUT2D eigenvalue weighted by Crippen LogP contribution is -2.59. The second kappa shape index (κ2) is 5.61. The zero-order chi connectivity index (χ0) is 13.1.